The van der Waals surface area contributed by atoms with Crippen molar-refractivity contribution < 1.29 is 13.9 Å². The first-order valence-electron chi connectivity index (χ1n) is 10.5. The summed E-state index contributed by atoms with van der Waals surface area (Å²) in [5.74, 6) is 0.725. The van der Waals surface area contributed by atoms with Gasteiger partial charge >= 0.3 is 5.63 Å². The van der Waals surface area contributed by atoms with Crippen LogP contribution in [-0.2, 0) is 6.54 Å². The Morgan fingerprint density at radius 3 is 2.78 bits per heavy atom. The Bertz CT molecular complexity index is 1460. The molecule has 0 saturated carbocycles. The molecular formula is C23H22N4O5. The van der Waals surface area contributed by atoms with Gasteiger partial charge in [-0.1, -0.05) is 13.0 Å². The zero-order valence-electron chi connectivity index (χ0n) is 17.8. The van der Waals surface area contributed by atoms with Crippen LogP contribution in [0.4, 0.5) is 0 Å². The van der Waals surface area contributed by atoms with Crippen LogP contribution in [0.2, 0.25) is 0 Å². The number of aromatic nitrogens is 3. The van der Waals surface area contributed by atoms with E-state index in [2.05, 4.69) is 4.98 Å². The van der Waals surface area contributed by atoms with E-state index in [1.165, 1.54) is 10.5 Å². The van der Waals surface area contributed by atoms with Gasteiger partial charge in [-0.25, -0.2) is 9.78 Å². The number of carbonyl (C=O) groups excluding carboxylic acids is 1. The molecule has 9 heteroatoms. The number of likely N-dealkylation sites (tertiary alicyclic amines) is 1. The fourth-order valence-corrected chi connectivity index (χ4v) is 4.06. The Balaban J connectivity index is 1.43. The Labute approximate surface area is 182 Å². The zero-order valence-corrected chi connectivity index (χ0v) is 17.8. The SMILES string of the molecule is CCCn1c(C(=O)N2CC(Oc3cc(C)oc(=O)c3)C2)cc2c(=O)n3ccccc3nc21. The fraction of sp³-hybridized carbons (Fsp3) is 0.304. The largest absolute Gasteiger partial charge is 0.486 e. The lowest BCUT2D eigenvalue weighted by Crippen LogP contribution is -2.56. The third-order valence-corrected chi connectivity index (χ3v) is 5.55. The van der Waals surface area contributed by atoms with Crippen molar-refractivity contribution in [3.8, 4) is 5.75 Å². The molecule has 32 heavy (non-hydrogen) atoms. The van der Waals surface area contributed by atoms with Crippen molar-refractivity contribution in [1.29, 1.82) is 0 Å². The second-order valence-corrected chi connectivity index (χ2v) is 7.94. The molecule has 0 N–H and O–H groups in total. The topological polar surface area (TPSA) is 99.0 Å². The summed E-state index contributed by atoms with van der Waals surface area (Å²) in [6, 6.07) is 9.95. The molecule has 0 aromatic carbocycles. The number of rotatable bonds is 5. The van der Waals surface area contributed by atoms with E-state index in [1.54, 1.807) is 42.3 Å². The molecule has 0 unspecified atom stereocenters. The summed E-state index contributed by atoms with van der Waals surface area (Å²) in [5, 5.41) is 0.422. The third-order valence-electron chi connectivity index (χ3n) is 5.55. The van der Waals surface area contributed by atoms with Crippen LogP contribution in [0.25, 0.3) is 16.7 Å². The Hall–Kier alpha value is -3.88. The predicted molar refractivity (Wildman–Crippen MR) is 117 cm³/mol. The number of fused-ring (bicyclic) bond motifs is 2. The van der Waals surface area contributed by atoms with Gasteiger partial charge in [0.15, 0.2) is 0 Å². The first-order chi connectivity index (χ1) is 15.4. The molecule has 1 fully saturated rings. The number of amides is 1. The Morgan fingerprint density at radius 1 is 1.22 bits per heavy atom. The van der Waals surface area contributed by atoms with Crippen molar-refractivity contribution in [3.63, 3.8) is 0 Å². The molecule has 0 bridgehead atoms. The Morgan fingerprint density at radius 2 is 2.03 bits per heavy atom. The summed E-state index contributed by atoms with van der Waals surface area (Å²) in [7, 11) is 0. The van der Waals surface area contributed by atoms with Crippen molar-refractivity contribution in [1.82, 2.24) is 18.9 Å². The minimum absolute atomic E-state index is 0.173. The number of hydrogen-bond donors (Lipinski definition) is 0. The molecule has 0 radical (unpaired) electrons. The van der Waals surface area contributed by atoms with E-state index in [4.69, 9.17) is 9.15 Å². The van der Waals surface area contributed by atoms with E-state index in [0.29, 0.717) is 53.5 Å². The fourth-order valence-electron chi connectivity index (χ4n) is 4.06. The summed E-state index contributed by atoms with van der Waals surface area (Å²) in [5.41, 5.74) is 0.836. The standard InChI is InChI=1S/C23H22N4O5/c1-3-7-26-18(11-17-21(26)24-19-6-4-5-8-27(19)22(17)29)23(30)25-12-16(13-25)32-15-9-14(2)31-20(28)10-15/h4-6,8-11,16H,3,7,12-13H2,1-2H3. The highest BCUT2D eigenvalue weighted by molar-refractivity contribution is 5.98. The van der Waals surface area contributed by atoms with E-state index in [1.807, 2.05) is 17.6 Å². The van der Waals surface area contributed by atoms with Crippen LogP contribution in [0, 0.1) is 6.92 Å². The van der Waals surface area contributed by atoms with Crippen LogP contribution in [0.5, 0.6) is 5.75 Å². The lowest BCUT2D eigenvalue weighted by molar-refractivity contribution is 0.0167. The molecule has 1 amide bonds. The minimum Gasteiger partial charge on any atom is -0.486 e. The molecule has 1 aliphatic heterocycles. The van der Waals surface area contributed by atoms with Crippen molar-refractivity contribution in [3.05, 3.63) is 74.8 Å². The van der Waals surface area contributed by atoms with Gasteiger partial charge in [0, 0.05) is 18.8 Å². The first-order valence-corrected chi connectivity index (χ1v) is 10.5. The number of pyridine rings is 1. The van der Waals surface area contributed by atoms with Crippen molar-refractivity contribution in [2.45, 2.75) is 32.9 Å². The van der Waals surface area contributed by atoms with Gasteiger partial charge in [0.05, 0.1) is 24.5 Å². The van der Waals surface area contributed by atoms with Gasteiger partial charge in [-0.2, -0.15) is 0 Å². The van der Waals surface area contributed by atoms with Crippen LogP contribution in [-0.4, -0.2) is 44.0 Å². The summed E-state index contributed by atoms with van der Waals surface area (Å²) < 4.78 is 14.1. The maximum absolute atomic E-state index is 13.3. The quantitative estimate of drug-likeness (QED) is 0.478. The number of ether oxygens (including phenoxy) is 1. The van der Waals surface area contributed by atoms with Crippen LogP contribution < -0.4 is 15.9 Å². The summed E-state index contributed by atoms with van der Waals surface area (Å²) in [6.45, 7) is 5.05. The van der Waals surface area contributed by atoms with E-state index in [0.717, 1.165) is 6.42 Å². The smallest absolute Gasteiger partial charge is 0.339 e. The molecule has 0 spiro atoms. The normalized spacial score (nSPS) is 14.1. The highest BCUT2D eigenvalue weighted by Crippen LogP contribution is 2.23. The average molecular weight is 434 g/mol. The maximum Gasteiger partial charge on any atom is 0.339 e. The predicted octanol–water partition coefficient (Wildman–Crippen LogP) is 2.22. The third kappa shape index (κ3) is 3.35. The first kappa shape index (κ1) is 20.0. The Kier molecular flexibility index (Phi) is 4.80. The molecule has 1 saturated heterocycles. The highest BCUT2D eigenvalue weighted by Gasteiger charge is 2.35. The molecule has 9 nitrogen and oxygen atoms in total. The van der Waals surface area contributed by atoms with Crippen molar-refractivity contribution in [2.75, 3.05) is 13.1 Å². The minimum atomic E-state index is -0.470. The maximum atomic E-state index is 13.3. The van der Waals surface area contributed by atoms with Gasteiger partial charge in [-0.15, -0.1) is 0 Å². The van der Waals surface area contributed by atoms with Crippen LogP contribution in [0.15, 0.2) is 56.6 Å². The molecular weight excluding hydrogens is 412 g/mol. The van der Waals surface area contributed by atoms with Gasteiger partial charge < -0.3 is 18.6 Å². The molecule has 1 aliphatic rings. The second-order valence-electron chi connectivity index (χ2n) is 7.94. The molecule has 0 atom stereocenters. The molecule has 4 aromatic heterocycles. The molecule has 0 aliphatic carbocycles. The lowest BCUT2D eigenvalue weighted by atomic mass is 10.1. The van der Waals surface area contributed by atoms with Crippen LogP contribution in [0.1, 0.15) is 29.6 Å². The molecule has 4 aromatic rings. The monoisotopic (exact) mass is 434 g/mol. The van der Waals surface area contributed by atoms with Crippen LogP contribution in [0.3, 0.4) is 0 Å². The molecule has 5 rings (SSSR count). The van der Waals surface area contributed by atoms with E-state index < -0.39 is 5.63 Å². The number of nitrogens with zero attached hydrogens (tertiary/aromatic N) is 4. The number of hydrogen-bond acceptors (Lipinski definition) is 6. The van der Waals surface area contributed by atoms with E-state index in [-0.39, 0.29) is 17.6 Å². The summed E-state index contributed by atoms with van der Waals surface area (Å²) in [4.78, 5) is 44.0. The summed E-state index contributed by atoms with van der Waals surface area (Å²) in [6.07, 6.45) is 2.25. The van der Waals surface area contributed by atoms with Crippen molar-refractivity contribution in [2.24, 2.45) is 0 Å². The lowest BCUT2D eigenvalue weighted by Gasteiger charge is -2.39. The van der Waals surface area contributed by atoms with Gasteiger partial charge in [-0.05, 0) is 31.5 Å². The van der Waals surface area contributed by atoms with Gasteiger partial charge in [-0.3, -0.25) is 14.0 Å². The van der Waals surface area contributed by atoms with Crippen LogP contribution >= 0.6 is 0 Å². The van der Waals surface area contributed by atoms with Gasteiger partial charge in [0.2, 0.25) is 0 Å². The second kappa shape index (κ2) is 7.67. The van der Waals surface area contributed by atoms with Gasteiger partial charge in [0.25, 0.3) is 11.5 Å². The number of aryl methyl sites for hydroxylation is 2. The van der Waals surface area contributed by atoms with E-state index in [9.17, 15) is 14.4 Å². The number of carbonyl (C=O) groups is 1. The molecule has 164 valence electrons. The van der Waals surface area contributed by atoms with Gasteiger partial charge in [0.1, 0.15) is 34.6 Å². The summed E-state index contributed by atoms with van der Waals surface area (Å²) >= 11 is 0. The highest BCUT2D eigenvalue weighted by atomic mass is 16.5. The van der Waals surface area contributed by atoms with E-state index >= 15 is 0 Å². The van der Waals surface area contributed by atoms with Crippen molar-refractivity contribution >= 4 is 22.6 Å². The molecule has 5 heterocycles. The zero-order chi connectivity index (χ0) is 22.4. The average Bonchev–Trinajstić information content (AvgIpc) is 3.08.